The van der Waals surface area contributed by atoms with Crippen LogP contribution in [0, 0.1) is 20.9 Å². The number of halogens is 1. The summed E-state index contributed by atoms with van der Waals surface area (Å²) >= 11 is 6.00. The van der Waals surface area contributed by atoms with Crippen molar-refractivity contribution in [1.29, 1.82) is 0 Å². The molecule has 18 heavy (non-hydrogen) atoms. The van der Waals surface area contributed by atoms with Gasteiger partial charge < -0.3 is 5.32 Å². The fourth-order valence-corrected chi connectivity index (χ4v) is 2.54. The highest BCUT2D eigenvalue weighted by Gasteiger charge is 2.65. The van der Waals surface area contributed by atoms with Crippen LogP contribution >= 0.6 is 11.6 Å². The average Bonchev–Trinajstić information content (AvgIpc) is 2.63. The third-order valence-electron chi connectivity index (χ3n) is 4.34. The van der Waals surface area contributed by atoms with Crippen molar-refractivity contribution in [2.24, 2.45) is 10.8 Å². The van der Waals surface area contributed by atoms with Crippen molar-refractivity contribution < 1.29 is 4.92 Å². The summed E-state index contributed by atoms with van der Waals surface area (Å²) in [6, 6.07) is 1.58. The van der Waals surface area contributed by atoms with E-state index in [1.54, 1.807) is 0 Å². The fraction of sp³-hybridized carbons (Fsp3) is 0.583. The molecule has 1 fully saturated rings. The Kier molecular flexibility index (Phi) is 2.77. The summed E-state index contributed by atoms with van der Waals surface area (Å²) in [6.45, 7) is 8.68. The lowest BCUT2D eigenvalue weighted by Crippen LogP contribution is -2.11. The van der Waals surface area contributed by atoms with E-state index < -0.39 is 4.92 Å². The topological polar surface area (TPSA) is 68.1 Å². The molecule has 0 amide bonds. The summed E-state index contributed by atoms with van der Waals surface area (Å²) < 4.78 is 0. The van der Waals surface area contributed by atoms with Gasteiger partial charge in [-0.3, -0.25) is 10.1 Å². The minimum atomic E-state index is -0.506. The molecule has 6 heteroatoms. The lowest BCUT2D eigenvalue weighted by molar-refractivity contribution is -0.385. The highest BCUT2D eigenvalue weighted by atomic mass is 35.5. The smallest absolute Gasteiger partial charge is 0.289 e. The van der Waals surface area contributed by atoms with Gasteiger partial charge in [0.05, 0.1) is 9.95 Å². The molecule has 1 aromatic heterocycles. The first-order chi connectivity index (χ1) is 8.18. The number of aromatic nitrogens is 1. The van der Waals surface area contributed by atoms with Gasteiger partial charge in [-0.15, -0.1) is 0 Å². The minimum absolute atomic E-state index is 0.0973. The fourth-order valence-electron chi connectivity index (χ4n) is 2.33. The molecule has 0 atom stereocenters. The van der Waals surface area contributed by atoms with E-state index in [9.17, 15) is 10.1 Å². The van der Waals surface area contributed by atoms with Crippen molar-refractivity contribution in [1.82, 2.24) is 4.98 Å². The first-order valence-electron chi connectivity index (χ1n) is 5.74. The molecule has 0 aliphatic heterocycles. The summed E-state index contributed by atoms with van der Waals surface area (Å²) in [5.74, 6) is 0.505. The standard InChI is InChI=1S/C12H16ClN3O2/c1-11(2)10(12(11,3)4)15-9-8(13)5-7(6-14-9)16(17)18/h5-6,10H,1-4H3,(H,14,15). The largest absolute Gasteiger partial charge is 0.365 e. The van der Waals surface area contributed by atoms with E-state index in [2.05, 4.69) is 38.0 Å². The first kappa shape index (κ1) is 13.1. The van der Waals surface area contributed by atoms with Crippen LogP contribution in [-0.2, 0) is 0 Å². The lowest BCUT2D eigenvalue weighted by Gasteiger charge is -2.08. The number of pyridine rings is 1. The summed E-state index contributed by atoms with van der Waals surface area (Å²) in [4.78, 5) is 14.1. The van der Waals surface area contributed by atoms with E-state index in [0.29, 0.717) is 5.82 Å². The molecular formula is C12H16ClN3O2. The predicted octanol–water partition coefficient (Wildman–Crippen LogP) is 3.49. The molecule has 0 radical (unpaired) electrons. The average molecular weight is 270 g/mol. The van der Waals surface area contributed by atoms with Crippen LogP contribution in [-0.4, -0.2) is 15.9 Å². The normalized spacial score (nSPS) is 20.5. The summed E-state index contributed by atoms with van der Waals surface area (Å²) in [7, 11) is 0. The van der Waals surface area contributed by atoms with Crippen LogP contribution in [0.5, 0.6) is 0 Å². The zero-order valence-electron chi connectivity index (χ0n) is 10.8. The maximum Gasteiger partial charge on any atom is 0.289 e. The van der Waals surface area contributed by atoms with Gasteiger partial charge in [0.1, 0.15) is 12.0 Å². The van der Waals surface area contributed by atoms with Gasteiger partial charge in [0.2, 0.25) is 0 Å². The molecule has 5 nitrogen and oxygen atoms in total. The zero-order chi connectivity index (χ0) is 13.7. The molecular weight excluding hydrogens is 254 g/mol. The molecule has 0 unspecified atom stereocenters. The molecule has 1 saturated carbocycles. The van der Waals surface area contributed by atoms with Crippen molar-refractivity contribution in [2.75, 3.05) is 5.32 Å². The Hall–Kier alpha value is -1.36. The van der Waals surface area contributed by atoms with Gasteiger partial charge in [0.15, 0.2) is 0 Å². The van der Waals surface area contributed by atoms with Crippen LogP contribution in [0.15, 0.2) is 12.3 Å². The monoisotopic (exact) mass is 269 g/mol. The van der Waals surface area contributed by atoms with Crippen molar-refractivity contribution in [2.45, 2.75) is 33.7 Å². The van der Waals surface area contributed by atoms with Crippen LogP contribution in [0.2, 0.25) is 5.02 Å². The third kappa shape index (κ3) is 1.82. The molecule has 0 aromatic carbocycles. The number of nitrogens with zero attached hydrogens (tertiary/aromatic N) is 2. The molecule has 2 rings (SSSR count). The van der Waals surface area contributed by atoms with Crippen molar-refractivity contribution in [3.8, 4) is 0 Å². The quantitative estimate of drug-likeness (QED) is 0.674. The van der Waals surface area contributed by atoms with Crippen LogP contribution in [0.3, 0.4) is 0 Å². The molecule has 0 spiro atoms. The van der Waals surface area contributed by atoms with Gasteiger partial charge >= 0.3 is 0 Å². The highest BCUT2D eigenvalue weighted by molar-refractivity contribution is 6.33. The van der Waals surface area contributed by atoms with Gasteiger partial charge in [-0.25, -0.2) is 4.98 Å². The van der Waals surface area contributed by atoms with Crippen LogP contribution < -0.4 is 5.32 Å². The van der Waals surface area contributed by atoms with Gasteiger partial charge in [0.25, 0.3) is 5.69 Å². The molecule has 1 aliphatic rings. The van der Waals surface area contributed by atoms with Gasteiger partial charge in [0, 0.05) is 12.1 Å². The minimum Gasteiger partial charge on any atom is -0.365 e. The van der Waals surface area contributed by atoms with E-state index in [4.69, 9.17) is 11.6 Å². The van der Waals surface area contributed by atoms with Gasteiger partial charge in [-0.2, -0.15) is 0 Å². The maximum absolute atomic E-state index is 10.6. The Bertz CT molecular complexity index is 500. The van der Waals surface area contributed by atoms with E-state index in [0.717, 1.165) is 0 Å². The number of hydrogen-bond acceptors (Lipinski definition) is 4. The summed E-state index contributed by atoms with van der Waals surface area (Å²) in [5, 5.41) is 14.1. The number of hydrogen-bond donors (Lipinski definition) is 1. The molecule has 1 N–H and O–H groups in total. The highest BCUT2D eigenvalue weighted by Crippen LogP contribution is 2.63. The van der Waals surface area contributed by atoms with Gasteiger partial charge in [-0.05, 0) is 10.8 Å². The van der Waals surface area contributed by atoms with Crippen LogP contribution in [0.1, 0.15) is 27.7 Å². The number of nitrogens with one attached hydrogen (secondary N) is 1. The van der Waals surface area contributed by atoms with Crippen molar-refractivity contribution in [3.05, 3.63) is 27.4 Å². The Labute approximate surface area is 111 Å². The van der Waals surface area contributed by atoms with E-state index in [-0.39, 0.29) is 27.6 Å². The first-order valence-corrected chi connectivity index (χ1v) is 6.12. The van der Waals surface area contributed by atoms with Crippen LogP contribution in [0.25, 0.3) is 0 Å². The van der Waals surface area contributed by atoms with Crippen molar-refractivity contribution >= 4 is 23.1 Å². The van der Waals surface area contributed by atoms with E-state index in [1.807, 2.05) is 0 Å². The Morgan fingerprint density at radius 3 is 2.33 bits per heavy atom. The van der Waals surface area contributed by atoms with Gasteiger partial charge in [-0.1, -0.05) is 39.3 Å². The Balaban J connectivity index is 2.20. The zero-order valence-corrected chi connectivity index (χ0v) is 11.6. The van der Waals surface area contributed by atoms with Crippen LogP contribution in [0.4, 0.5) is 11.5 Å². The number of nitro groups is 1. The molecule has 1 aliphatic carbocycles. The van der Waals surface area contributed by atoms with E-state index >= 15 is 0 Å². The molecule has 98 valence electrons. The second-order valence-electron chi connectivity index (χ2n) is 5.80. The number of rotatable bonds is 3. The number of anilines is 1. The summed E-state index contributed by atoms with van der Waals surface area (Å²) in [6.07, 6.45) is 1.22. The lowest BCUT2D eigenvalue weighted by atomic mass is 10.0. The van der Waals surface area contributed by atoms with Crippen molar-refractivity contribution in [3.63, 3.8) is 0 Å². The molecule has 0 bridgehead atoms. The molecule has 0 saturated heterocycles. The Morgan fingerprint density at radius 2 is 1.94 bits per heavy atom. The SMILES string of the molecule is CC1(C)C(Nc2ncc([N+](=O)[O-])cc2Cl)C1(C)C. The molecule has 1 aromatic rings. The maximum atomic E-state index is 10.6. The van der Waals surface area contributed by atoms with E-state index in [1.165, 1.54) is 12.3 Å². The Morgan fingerprint density at radius 1 is 1.39 bits per heavy atom. The summed E-state index contributed by atoms with van der Waals surface area (Å²) in [5.41, 5.74) is 0.208. The second kappa shape index (κ2) is 3.82. The second-order valence-corrected chi connectivity index (χ2v) is 6.21. The third-order valence-corrected chi connectivity index (χ3v) is 4.63. The predicted molar refractivity (Wildman–Crippen MR) is 70.9 cm³/mol. The molecule has 1 heterocycles.